The van der Waals surface area contributed by atoms with Crippen molar-refractivity contribution in [3.8, 4) is 0 Å². The van der Waals surface area contributed by atoms with Gasteiger partial charge in [-0.1, -0.05) is 37.3 Å². The molecule has 0 atom stereocenters. The maximum atomic E-state index is 5.65. The van der Waals surface area contributed by atoms with Gasteiger partial charge in [0, 0.05) is 0 Å². The van der Waals surface area contributed by atoms with Crippen molar-refractivity contribution in [2.24, 2.45) is 0 Å². The van der Waals surface area contributed by atoms with Crippen molar-refractivity contribution in [1.29, 1.82) is 0 Å². The molecule has 0 saturated heterocycles. The van der Waals surface area contributed by atoms with Crippen molar-refractivity contribution in [2.75, 3.05) is 0 Å². The van der Waals surface area contributed by atoms with Gasteiger partial charge >= 0.3 is 0 Å². The van der Waals surface area contributed by atoms with Crippen LogP contribution in [0.2, 0.25) is 0 Å². The Labute approximate surface area is 102 Å². The summed E-state index contributed by atoms with van der Waals surface area (Å²) in [6.45, 7) is 4.50. The molecule has 3 nitrogen and oxygen atoms in total. The zero-order valence-electron chi connectivity index (χ0n) is 10.2. The van der Waals surface area contributed by atoms with Crippen molar-refractivity contribution in [3.05, 3.63) is 54.6 Å². The van der Waals surface area contributed by atoms with Gasteiger partial charge in [0.1, 0.15) is 12.4 Å². The largest absolute Gasteiger partial charge is 0.337 e. The van der Waals surface area contributed by atoms with E-state index in [4.69, 9.17) is 4.74 Å². The van der Waals surface area contributed by atoms with Crippen LogP contribution in [0.5, 0.6) is 0 Å². The Morgan fingerprint density at radius 3 is 2.82 bits per heavy atom. The number of nitrogens with zero attached hydrogens (tertiary/aromatic N) is 2. The molecule has 0 radical (unpaired) electrons. The van der Waals surface area contributed by atoms with E-state index < -0.39 is 0 Å². The lowest BCUT2D eigenvalue weighted by molar-refractivity contribution is -0.733. The van der Waals surface area contributed by atoms with Gasteiger partial charge in [0.15, 0.2) is 6.73 Å². The van der Waals surface area contributed by atoms with E-state index >= 15 is 0 Å². The van der Waals surface area contributed by atoms with Crippen molar-refractivity contribution in [1.82, 2.24) is 4.57 Å². The molecule has 0 aliphatic rings. The fourth-order valence-electron chi connectivity index (χ4n) is 1.75. The molecule has 0 aliphatic carbocycles. The standard InChI is InChI=1S/C14H19N2O/c1-2-8-15-9-10-16(12-15)13-17-11-14-6-4-3-5-7-14/h3-7,9-10,12H,2,8,11,13H2,1H3/q+1. The van der Waals surface area contributed by atoms with Crippen molar-refractivity contribution >= 4 is 0 Å². The molecule has 0 aliphatic heterocycles. The maximum Gasteiger partial charge on any atom is 0.245 e. The van der Waals surface area contributed by atoms with Gasteiger partial charge in [0.2, 0.25) is 6.33 Å². The zero-order chi connectivity index (χ0) is 11.9. The quantitative estimate of drug-likeness (QED) is 0.698. The van der Waals surface area contributed by atoms with Crippen LogP contribution >= 0.6 is 0 Å². The highest BCUT2D eigenvalue weighted by atomic mass is 16.5. The Morgan fingerprint density at radius 2 is 2.06 bits per heavy atom. The minimum absolute atomic E-state index is 0.603. The Kier molecular flexibility index (Phi) is 4.33. The number of hydrogen-bond acceptors (Lipinski definition) is 1. The first-order chi connectivity index (χ1) is 8.38. The molecule has 0 unspecified atom stereocenters. The van der Waals surface area contributed by atoms with Gasteiger partial charge in [-0.25, -0.2) is 9.13 Å². The molecule has 0 spiro atoms. The topological polar surface area (TPSA) is 18.0 Å². The normalized spacial score (nSPS) is 10.6. The van der Waals surface area contributed by atoms with Crippen LogP contribution in [0.3, 0.4) is 0 Å². The van der Waals surface area contributed by atoms with Crippen LogP contribution in [0.4, 0.5) is 0 Å². The molecule has 3 heteroatoms. The van der Waals surface area contributed by atoms with Crippen LogP contribution in [0.15, 0.2) is 49.1 Å². The zero-order valence-corrected chi connectivity index (χ0v) is 10.2. The summed E-state index contributed by atoms with van der Waals surface area (Å²) in [7, 11) is 0. The maximum absolute atomic E-state index is 5.65. The minimum Gasteiger partial charge on any atom is -0.337 e. The van der Waals surface area contributed by atoms with Crippen LogP contribution in [-0.2, 0) is 24.6 Å². The Balaban J connectivity index is 1.78. The lowest BCUT2D eigenvalue weighted by atomic mass is 10.2. The van der Waals surface area contributed by atoms with E-state index in [9.17, 15) is 0 Å². The van der Waals surface area contributed by atoms with Crippen molar-refractivity contribution < 1.29 is 9.30 Å². The summed E-state index contributed by atoms with van der Waals surface area (Å²) >= 11 is 0. The first-order valence-corrected chi connectivity index (χ1v) is 6.05. The third-order valence-electron chi connectivity index (χ3n) is 2.58. The number of imidazole rings is 1. The number of aromatic nitrogens is 2. The van der Waals surface area contributed by atoms with Crippen LogP contribution in [0, 0.1) is 0 Å². The average molecular weight is 231 g/mol. The van der Waals surface area contributed by atoms with E-state index in [-0.39, 0.29) is 0 Å². The van der Waals surface area contributed by atoms with Gasteiger partial charge in [-0.3, -0.25) is 0 Å². The summed E-state index contributed by atoms with van der Waals surface area (Å²) in [4.78, 5) is 0. The van der Waals surface area contributed by atoms with Gasteiger partial charge in [-0.15, -0.1) is 0 Å². The van der Waals surface area contributed by atoms with Gasteiger partial charge in [-0.2, -0.15) is 0 Å². The van der Waals surface area contributed by atoms with E-state index in [1.54, 1.807) is 0 Å². The van der Waals surface area contributed by atoms with Crippen LogP contribution in [0.25, 0.3) is 0 Å². The fourth-order valence-corrected chi connectivity index (χ4v) is 1.75. The van der Waals surface area contributed by atoms with Crippen molar-refractivity contribution in [2.45, 2.75) is 33.2 Å². The first-order valence-electron chi connectivity index (χ1n) is 6.05. The fraction of sp³-hybridized carbons (Fsp3) is 0.357. The molecule has 0 saturated carbocycles. The summed E-state index contributed by atoms with van der Waals surface area (Å²) in [5.74, 6) is 0. The van der Waals surface area contributed by atoms with E-state index in [2.05, 4.69) is 40.7 Å². The molecule has 0 amide bonds. The molecular formula is C14H19N2O+. The SMILES string of the molecule is CCCn1cc[n+](COCc2ccccc2)c1. The summed E-state index contributed by atoms with van der Waals surface area (Å²) in [6, 6.07) is 10.2. The highest BCUT2D eigenvalue weighted by Gasteiger charge is 2.02. The molecule has 0 fully saturated rings. The molecule has 1 heterocycles. The Morgan fingerprint density at radius 1 is 1.24 bits per heavy atom. The molecule has 2 rings (SSSR count). The average Bonchev–Trinajstić information content (AvgIpc) is 2.79. The summed E-state index contributed by atoms with van der Waals surface area (Å²) < 4.78 is 9.87. The van der Waals surface area contributed by atoms with Gasteiger partial charge < -0.3 is 4.74 Å². The van der Waals surface area contributed by atoms with Crippen LogP contribution in [0.1, 0.15) is 18.9 Å². The summed E-state index contributed by atoms with van der Waals surface area (Å²) in [5.41, 5.74) is 1.21. The third kappa shape index (κ3) is 3.71. The van der Waals surface area contributed by atoms with Gasteiger partial charge in [0.05, 0.1) is 13.2 Å². The molecule has 0 bridgehead atoms. The predicted octanol–water partition coefficient (Wildman–Crippen LogP) is 2.36. The third-order valence-corrected chi connectivity index (χ3v) is 2.58. The van der Waals surface area contributed by atoms with Gasteiger partial charge in [0.25, 0.3) is 0 Å². The van der Waals surface area contributed by atoms with Crippen LogP contribution < -0.4 is 4.57 Å². The molecule has 2 aromatic rings. The molecule has 1 aromatic heterocycles. The first kappa shape index (κ1) is 11.9. The monoisotopic (exact) mass is 231 g/mol. The van der Waals surface area contributed by atoms with E-state index in [0.717, 1.165) is 13.0 Å². The molecule has 1 aromatic carbocycles. The second-order valence-electron chi connectivity index (χ2n) is 4.13. The van der Waals surface area contributed by atoms with E-state index in [0.29, 0.717) is 13.3 Å². The highest BCUT2D eigenvalue weighted by molar-refractivity contribution is 5.13. The number of ether oxygens (including phenoxy) is 1. The second kappa shape index (κ2) is 6.21. The van der Waals surface area contributed by atoms with E-state index in [1.165, 1.54) is 5.56 Å². The lowest BCUT2D eigenvalue weighted by Gasteiger charge is -2.01. The molecule has 90 valence electrons. The molecule has 17 heavy (non-hydrogen) atoms. The lowest BCUT2D eigenvalue weighted by Crippen LogP contribution is -2.32. The summed E-state index contributed by atoms with van der Waals surface area (Å²) in [6.07, 6.45) is 7.35. The number of benzene rings is 1. The predicted molar refractivity (Wildman–Crippen MR) is 66.1 cm³/mol. The number of hydrogen-bond donors (Lipinski definition) is 0. The Hall–Kier alpha value is -1.61. The van der Waals surface area contributed by atoms with Gasteiger partial charge in [-0.05, 0) is 12.0 Å². The molecular weight excluding hydrogens is 212 g/mol. The Bertz CT molecular complexity index is 436. The summed E-state index contributed by atoms with van der Waals surface area (Å²) in [5, 5.41) is 0. The second-order valence-corrected chi connectivity index (χ2v) is 4.13. The number of rotatable bonds is 6. The molecule has 0 N–H and O–H groups in total. The minimum atomic E-state index is 0.603. The van der Waals surface area contributed by atoms with E-state index in [1.807, 2.05) is 24.4 Å². The highest BCUT2D eigenvalue weighted by Crippen LogP contribution is 2.00. The smallest absolute Gasteiger partial charge is 0.245 e. The van der Waals surface area contributed by atoms with Crippen LogP contribution in [-0.4, -0.2) is 4.57 Å². The number of aryl methyl sites for hydroxylation is 1. The van der Waals surface area contributed by atoms with Crippen molar-refractivity contribution in [3.63, 3.8) is 0 Å².